The molecule has 0 rings (SSSR count). The molecule has 0 amide bonds. The lowest BCUT2D eigenvalue weighted by Gasteiger charge is -2.12. The van der Waals surface area contributed by atoms with E-state index < -0.39 is 12.2 Å². The Labute approximate surface area is 98.8 Å². The van der Waals surface area contributed by atoms with Crippen molar-refractivity contribution in [2.45, 2.75) is 25.0 Å². The van der Waals surface area contributed by atoms with Crippen molar-refractivity contribution in [1.29, 1.82) is 0 Å². The molecule has 0 spiro atoms. The number of hydrogen-bond donors (Lipinski definition) is 2. The fourth-order valence-corrected chi connectivity index (χ4v) is 1.03. The van der Waals surface area contributed by atoms with E-state index in [4.69, 9.17) is 4.74 Å². The average Bonchev–Trinajstić information content (AvgIpc) is 2.30. The minimum atomic E-state index is -0.729. The summed E-state index contributed by atoms with van der Waals surface area (Å²) in [6, 6.07) is 0. The predicted molar refractivity (Wildman–Crippen MR) is 58.0 cm³/mol. The Morgan fingerprint density at radius 3 is 1.71 bits per heavy atom. The molecule has 0 bridgehead atoms. The third kappa shape index (κ3) is 10.9. The maximum Gasteiger partial charge on any atom is 0.234 e. The van der Waals surface area contributed by atoms with Crippen LogP contribution in [0.3, 0.4) is 0 Å². The maximum atomic E-state index is 9.74. The van der Waals surface area contributed by atoms with E-state index in [9.17, 15) is 19.8 Å². The first-order valence-corrected chi connectivity index (χ1v) is 5.21. The molecular formula is C10H16N2O5. The third-order valence-electron chi connectivity index (χ3n) is 1.90. The van der Waals surface area contributed by atoms with Crippen LogP contribution in [-0.2, 0) is 14.3 Å². The minimum Gasteiger partial charge on any atom is -0.391 e. The number of ether oxygens (including phenoxy) is 1. The molecule has 96 valence electrons. The molecule has 0 aromatic carbocycles. The highest BCUT2D eigenvalue weighted by Gasteiger charge is 2.07. The Hall–Kier alpha value is -1.36. The number of carbonyl (C=O) groups excluding carboxylic acids is 2. The lowest BCUT2D eigenvalue weighted by atomic mass is 10.2. The van der Waals surface area contributed by atoms with Crippen molar-refractivity contribution in [2.75, 3.05) is 26.3 Å². The fraction of sp³-hybridized carbons (Fsp3) is 0.800. The summed E-state index contributed by atoms with van der Waals surface area (Å²) in [6.07, 6.45) is 1.89. The van der Waals surface area contributed by atoms with Crippen molar-refractivity contribution >= 4 is 12.2 Å². The second-order valence-corrected chi connectivity index (χ2v) is 3.37. The van der Waals surface area contributed by atoms with Gasteiger partial charge in [-0.2, -0.15) is 0 Å². The average molecular weight is 244 g/mol. The van der Waals surface area contributed by atoms with Gasteiger partial charge >= 0.3 is 0 Å². The van der Waals surface area contributed by atoms with Crippen LogP contribution in [0.5, 0.6) is 0 Å². The van der Waals surface area contributed by atoms with E-state index in [1.807, 2.05) is 0 Å². The van der Waals surface area contributed by atoms with E-state index in [0.29, 0.717) is 12.8 Å². The quantitative estimate of drug-likeness (QED) is 0.385. The van der Waals surface area contributed by atoms with Gasteiger partial charge < -0.3 is 14.9 Å². The Morgan fingerprint density at radius 2 is 1.35 bits per heavy atom. The topological polar surface area (TPSA) is 109 Å². The summed E-state index contributed by atoms with van der Waals surface area (Å²) in [6.45, 7) is 0.514. The SMILES string of the molecule is O=C=NCCC(O)COCC(O)CCN=C=O. The molecule has 7 heteroatoms. The molecule has 0 fully saturated rings. The van der Waals surface area contributed by atoms with Crippen LogP contribution in [0.15, 0.2) is 9.98 Å². The number of aliphatic imine (C=N–C) groups is 2. The molecular weight excluding hydrogens is 228 g/mol. The molecule has 7 nitrogen and oxygen atoms in total. The molecule has 0 aliphatic heterocycles. The van der Waals surface area contributed by atoms with Gasteiger partial charge in [0.2, 0.25) is 12.2 Å². The number of rotatable bonds is 10. The van der Waals surface area contributed by atoms with Crippen LogP contribution in [0.2, 0.25) is 0 Å². The number of hydrogen-bond acceptors (Lipinski definition) is 7. The van der Waals surface area contributed by atoms with Gasteiger partial charge in [0.25, 0.3) is 0 Å². The Morgan fingerprint density at radius 1 is 0.941 bits per heavy atom. The standard InChI is InChI=1S/C10H16N2O5/c13-7-11-3-1-9(15)5-17-6-10(16)2-4-12-8-14/h9-10,15-16H,1-6H2. The molecule has 0 aromatic heterocycles. The van der Waals surface area contributed by atoms with Gasteiger partial charge in [-0.25, -0.2) is 19.6 Å². The van der Waals surface area contributed by atoms with Crippen LogP contribution in [-0.4, -0.2) is 60.9 Å². The first kappa shape index (κ1) is 15.6. The van der Waals surface area contributed by atoms with Gasteiger partial charge in [-0.05, 0) is 12.8 Å². The zero-order chi connectivity index (χ0) is 12.9. The van der Waals surface area contributed by atoms with Gasteiger partial charge in [0.1, 0.15) is 0 Å². The second kappa shape index (κ2) is 11.1. The maximum absolute atomic E-state index is 9.74. The minimum absolute atomic E-state index is 0.0579. The number of aliphatic hydroxyl groups excluding tert-OH is 2. The summed E-state index contributed by atoms with van der Waals surface area (Å²) in [5.41, 5.74) is 0. The van der Waals surface area contributed by atoms with E-state index in [1.54, 1.807) is 0 Å². The van der Waals surface area contributed by atoms with Gasteiger partial charge in [-0.1, -0.05) is 0 Å². The van der Waals surface area contributed by atoms with Crippen molar-refractivity contribution in [3.63, 3.8) is 0 Å². The van der Waals surface area contributed by atoms with Crippen molar-refractivity contribution in [3.8, 4) is 0 Å². The van der Waals surface area contributed by atoms with Crippen LogP contribution in [0.1, 0.15) is 12.8 Å². The molecule has 0 aliphatic rings. The molecule has 0 saturated carbocycles. The van der Waals surface area contributed by atoms with Gasteiger partial charge in [0.15, 0.2) is 0 Å². The van der Waals surface area contributed by atoms with Crippen LogP contribution in [0.25, 0.3) is 0 Å². The molecule has 2 N–H and O–H groups in total. The Balaban J connectivity index is 3.47. The lowest BCUT2D eigenvalue weighted by Crippen LogP contribution is -2.22. The highest BCUT2D eigenvalue weighted by Crippen LogP contribution is 1.97. The summed E-state index contributed by atoms with van der Waals surface area (Å²) in [4.78, 5) is 26.1. The predicted octanol–water partition coefficient (Wildman–Crippen LogP) is -0.823. The number of aliphatic hydroxyl groups is 2. The number of isocyanates is 2. The molecule has 0 heterocycles. The second-order valence-electron chi connectivity index (χ2n) is 3.37. The molecule has 2 unspecified atom stereocenters. The van der Waals surface area contributed by atoms with Crippen LogP contribution in [0, 0.1) is 0 Å². The van der Waals surface area contributed by atoms with E-state index in [1.165, 1.54) is 12.2 Å². The Kier molecular flexibility index (Phi) is 10.2. The van der Waals surface area contributed by atoms with E-state index >= 15 is 0 Å². The summed E-state index contributed by atoms with van der Waals surface area (Å²) < 4.78 is 5.04. The smallest absolute Gasteiger partial charge is 0.234 e. The van der Waals surface area contributed by atoms with Crippen molar-refractivity contribution in [3.05, 3.63) is 0 Å². The highest BCUT2D eigenvalue weighted by atomic mass is 16.5. The number of nitrogens with zero attached hydrogens (tertiary/aromatic N) is 2. The summed E-state index contributed by atoms with van der Waals surface area (Å²) >= 11 is 0. The Bertz CT molecular complexity index is 256. The first-order chi connectivity index (χ1) is 8.20. The van der Waals surface area contributed by atoms with Crippen LogP contribution >= 0.6 is 0 Å². The van der Waals surface area contributed by atoms with Crippen LogP contribution < -0.4 is 0 Å². The van der Waals surface area contributed by atoms with Gasteiger partial charge in [0, 0.05) is 0 Å². The summed E-state index contributed by atoms with van der Waals surface area (Å²) in [5, 5.41) is 18.7. The third-order valence-corrected chi connectivity index (χ3v) is 1.90. The zero-order valence-corrected chi connectivity index (χ0v) is 9.41. The van der Waals surface area contributed by atoms with Crippen molar-refractivity contribution in [2.24, 2.45) is 9.98 Å². The van der Waals surface area contributed by atoms with E-state index in [-0.39, 0.29) is 26.3 Å². The highest BCUT2D eigenvalue weighted by molar-refractivity contribution is 5.32. The molecule has 0 radical (unpaired) electrons. The normalized spacial score (nSPS) is 13.3. The van der Waals surface area contributed by atoms with Gasteiger partial charge in [0.05, 0.1) is 38.5 Å². The molecule has 17 heavy (non-hydrogen) atoms. The summed E-state index contributed by atoms with van der Waals surface area (Å²) in [5.74, 6) is 0. The van der Waals surface area contributed by atoms with E-state index in [0.717, 1.165) is 0 Å². The molecule has 0 saturated heterocycles. The van der Waals surface area contributed by atoms with Crippen LogP contribution in [0.4, 0.5) is 0 Å². The lowest BCUT2D eigenvalue weighted by molar-refractivity contribution is -0.0102. The van der Waals surface area contributed by atoms with Crippen molar-refractivity contribution in [1.82, 2.24) is 0 Å². The van der Waals surface area contributed by atoms with Gasteiger partial charge in [-0.15, -0.1) is 0 Å². The molecule has 0 aliphatic carbocycles. The monoisotopic (exact) mass is 244 g/mol. The molecule has 2 atom stereocenters. The molecule has 0 aromatic rings. The largest absolute Gasteiger partial charge is 0.391 e. The van der Waals surface area contributed by atoms with Gasteiger partial charge in [-0.3, -0.25) is 0 Å². The van der Waals surface area contributed by atoms with Crippen molar-refractivity contribution < 1.29 is 24.5 Å². The first-order valence-electron chi connectivity index (χ1n) is 5.21. The fourth-order valence-electron chi connectivity index (χ4n) is 1.03. The summed E-state index contributed by atoms with van der Waals surface area (Å²) in [7, 11) is 0. The van der Waals surface area contributed by atoms with E-state index in [2.05, 4.69) is 9.98 Å². The zero-order valence-electron chi connectivity index (χ0n) is 9.41.